The van der Waals surface area contributed by atoms with E-state index in [2.05, 4.69) is 0 Å². The van der Waals surface area contributed by atoms with Crippen molar-refractivity contribution >= 4 is 19.4 Å². The molecule has 0 saturated heterocycles. The largest absolute Gasteiger partial charge is 0.494 e. The number of carbonyl (C=O) groups excluding carboxylic acids is 1. The maximum atomic E-state index is 13.5. The maximum Gasteiger partial charge on any atom is 0.417 e. The average molecular weight is 482 g/mol. The van der Waals surface area contributed by atoms with Crippen molar-refractivity contribution in [1.29, 1.82) is 0 Å². The minimum atomic E-state index is -5.15. The van der Waals surface area contributed by atoms with Gasteiger partial charge in [0.25, 0.3) is 0 Å². The molecule has 0 aromatic heterocycles. The highest BCUT2D eigenvalue weighted by Crippen LogP contribution is 2.43. The quantitative estimate of drug-likeness (QED) is 0.322. The smallest absolute Gasteiger partial charge is 0.417 e. The van der Waals surface area contributed by atoms with Crippen LogP contribution in [0, 0.1) is 0 Å². The summed E-state index contributed by atoms with van der Waals surface area (Å²) in [5.41, 5.74) is -6.06. The Labute approximate surface area is 182 Å². The Kier molecular flexibility index (Phi) is 8.40. The third kappa shape index (κ3) is 6.06. The van der Waals surface area contributed by atoms with Crippen LogP contribution in [0.25, 0.3) is 0 Å². The molecule has 0 radical (unpaired) electrons. The summed E-state index contributed by atoms with van der Waals surface area (Å²) < 4.78 is 97.2. The summed E-state index contributed by atoms with van der Waals surface area (Å²) >= 11 is 0. The van der Waals surface area contributed by atoms with E-state index in [-0.39, 0.29) is 30.0 Å². The zero-order valence-electron chi connectivity index (χ0n) is 17.4. The van der Waals surface area contributed by atoms with E-state index in [1.165, 1.54) is 12.1 Å². The first-order valence-electron chi connectivity index (χ1n) is 9.59. The van der Waals surface area contributed by atoms with Gasteiger partial charge in [0.15, 0.2) is 5.52 Å². The lowest BCUT2D eigenvalue weighted by Crippen LogP contribution is -2.20. The van der Waals surface area contributed by atoms with Crippen LogP contribution in [0.15, 0.2) is 30.3 Å². The minimum absolute atomic E-state index is 0.0623. The summed E-state index contributed by atoms with van der Waals surface area (Å²) in [5, 5.41) is 0.0623. The van der Waals surface area contributed by atoms with E-state index in [0.29, 0.717) is 30.6 Å². The van der Waals surface area contributed by atoms with Gasteiger partial charge >= 0.3 is 12.4 Å². The molecule has 2 aromatic carbocycles. The molecule has 0 aliphatic carbocycles. The molecule has 2 aromatic rings. The zero-order valence-corrected chi connectivity index (χ0v) is 18.4. The van der Waals surface area contributed by atoms with Crippen molar-refractivity contribution in [2.45, 2.75) is 33.1 Å². The summed E-state index contributed by atoms with van der Waals surface area (Å²) in [6, 6.07) is 4.38. The lowest BCUT2D eigenvalue weighted by Gasteiger charge is -2.20. The molecule has 1 atom stereocenters. The van der Waals surface area contributed by atoms with Crippen LogP contribution in [-0.2, 0) is 12.4 Å². The van der Waals surface area contributed by atoms with Gasteiger partial charge < -0.3 is 14.2 Å². The topological polar surface area (TPSA) is 44.8 Å². The highest BCUT2D eigenvalue weighted by Gasteiger charge is 2.42. The fourth-order valence-electron chi connectivity index (χ4n) is 2.92. The molecule has 11 heteroatoms. The summed E-state index contributed by atoms with van der Waals surface area (Å²) in [6.45, 7) is 5.59. The fraction of sp³-hybridized carbons (Fsp3) is 0.381. The van der Waals surface area contributed by atoms with Gasteiger partial charge in [-0.1, -0.05) is 6.07 Å². The molecule has 0 heterocycles. The second-order valence-electron chi connectivity index (χ2n) is 6.27. The Morgan fingerprint density at radius 1 is 0.812 bits per heavy atom. The van der Waals surface area contributed by atoms with E-state index in [4.69, 9.17) is 14.2 Å². The van der Waals surface area contributed by atoms with E-state index in [0.717, 1.165) is 0 Å². The van der Waals surface area contributed by atoms with Gasteiger partial charge in [-0.15, -0.1) is 0 Å². The third-order valence-corrected chi connectivity index (χ3v) is 5.31. The molecular weight excluding hydrogens is 461 g/mol. The summed E-state index contributed by atoms with van der Waals surface area (Å²) in [4.78, 5) is 12.9. The second kappa shape index (κ2) is 10.4. The highest BCUT2D eigenvalue weighted by atomic mass is 31.1. The van der Waals surface area contributed by atoms with Crippen molar-refractivity contribution in [3.8, 4) is 17.2 Å². The predicted molar refractivity (Wildman–Crippen MR) is 109 cm³/mol. The van der Waals surface area contributed by atoms with Crippen LogP contribution >= 0.6 is 8.58 Å². The third-order valence-electron chi connectivity index (χ3n) is 4.09. The summed E-state index contributed by atoms with van der Waals surface area (Å²) in [6.07, 6.45) is -10.3. The molecule has 0 spiro atoms. The molecule has 0 aliphatic heterocycles. The van der Waals surface area contributed by atoms with Crippen LogP contribution in [0.2, 0.25) is 0 Å². The van der Waals surface area contributed by atoms with Gasteiger partial charge in [0.2, 0.25) is 0 Å². The van der Waals surface area contributed by atoms with Crippen LogP contribution < -0.4 is 19.5 Å². The Balaban J connectivity index is 2.67. The Morgan fingerprint density at radius 2 is 1.25 bits per heavy atom. The molecule has 0 saturated carbocycles. The molecule has 32 heavy (non-hydrogen) atoms. The molecule has 0 N–H and O–H groups in total. The number of rotatable bonds is 9. The van der Waals surface area contributed by atoms with Crippen LogP contribution in [0.1, 0.15) is 42.3 Å². The second-order valence-corrected chi connectivity index (χ2v) is 7.48. The molecule has 0 fully saturated rings. The minimum Gasteiger partial charge on any atom is -0.494 e. The number of benzene rings is 2. The number of hydrogen-bond donors (Lipinski definition) is 0. The van der Waals surface area contributed by atoms with Gasteiger partial charge in [0.05, 0.1) is 36.3 Å². The van der Waals surface area contributed by atoms with Gasteiger partial charge in [0.1, 0.15) is 17.2 Å². The predicted octanol–water partition coefficient (Wildman–Crippen LogP) is 6.06. The van der Waals surface area contributed by atoms with Crippen LogP contribution in [0.3, 0.4) is 0 Å². The molecule has 0 amide bonds. The van der Waals surface area contributed by atoms with Gasteiger partial charge in [-0.2, -0.15) is 26.3 Å². The SMILES string of the molecule is CCOc1cc(OCC)c(PC(=O)c2c(C(F)(F)F)cccc2C(F)(F)F)c(OCC)c1. The van der Waals surface area contributed by atoms with Crippen molar-refractivity contribution in [2.24, 2.45) is 0 Å². The summed E-state index contributed by atoms with van der Waals surface area (Å²) in [5.74, 6) is 0.505. The molecular formula is C21H21F6O4P. The normalized spacial score (nSPS) is 12.3. The lowest BCUT2D eigenvalue weighted by molar-refractivity contribution is -0.143. The van der Waals surface area contributed by atoms with E-state index in [9.17, 15) is 31.1 Å². The van der Waals surface area contributed by atoms with Crippen LogP contribution in [-0.4, -0.2) is 25.3 Å². The first-order valence-corrected chi connectivity index (χ1v) is 10.6. The van der Waals surface area contributed by atoms with E-state index in [1.807, 2.05) is 0 Å². The van der Waals surface area contributed by atoms with Gasteiger partial charge in [-0.05, 0) is 41.5 Å². The summed E-state index contributed by atoms with van der Waals surface area (Å²) in [7, 11) is -1.12. The van der Waals surface area contributed by atoms with E-state index < -0.39 is 43.1 Å². The lowest BCUT2D eigenvalue weighted by atomic mass is 10.0. The zero-order chi connectivity index (χ0) is 24.1. The Hall–Kier alpha value is -2.48. The maximum absolute atomic E-state index is 13.5. The number of ether oxygens (including phenoxy) is 3. The average Bonchev–Trinajstić information content (AvgIpc) is 2.69. The number of halogens is 6. The first-order chi connectivity index (χ1) is 14.9. The van der Waals surface area contributed by atoms with Crippen LogP contribution in [0.5, 0.6) is 17.2 Å². The number of hydrogen-bond acceptors (Lipinski definition) is 4. The van der Waals surface area contributed by atoms with Gasteiger partial charge in [0, 0.05) is 17.7 Å². The van der Waals surface area contributed by atoms with E-state index in [1.54, 1.807) is 20.8 Å². The Bertz CT molecular complexity index is 897. The molecule has 1 unspecified atom stereocenters. The van der Waals surface area contributed by atoms with Crippen molar-refractivity contribution in [2.75, 3.05) is 19.8 Å². The number of carbonyl (C=O) groups is 1. The number of alkyl halides is 6. The highest BCUT2D eigenvalue weighted by molar-refractivity contribution is 7.66. The van der Waals surface area contributed by atoms with Crippen molar-refractivity contribution < 1.29 is 45.3 Å². The van der Waals surface area contributed by atoms with E-state index >= 15 is 0 Å². The molecule has 0 aliphatic rings. The van der Waals surface area contributed by atoms with Gasteiger partial charge in [-0.25, -0.2) is 0 Å². The standard InChI is InChI=1S/C21H21F6O4P/c1-4-29-12-10-15(30-5-2)18(16(11-12)31-6-3)32-19(28)17-13(20(22,23)24)8-7-9-14(17)21(25,26)27/h7-11,32H,4-6H2,1-3H3. The fourth-order valence-corrected chi connectivity index (χ4v) is 4.08. The van der Waals surface area contributed by atoms with Crippen LogP contribution in [0.4, 0.5) is 26.3 Å². The Morgan fingerprint density at radius 3 is 1.62 bits per heavy atom. The molecule has 0 bridgehead atoms. The molecule has 4 nitrogen and oxygen atoms in total. The van der Waals surface area contributed by atoms with Gasteiger partial charge in [-0.3, -0.25) is 4.79 Å². The first kappa shape index (κ1) is 25.8. The van der Waals surface area contributed by atoms with Crippen molar-refractivity contribution in [1.82, 2.24) is 0 Å². The van der Waals surface area contributed by atoms with Crippen molar-refractivity contribution in [3.05, 3.63) is 47.0 Å². The molecule has 176 valence electrons. The van der Waals surface area contributed by atoms with Crippen molar-refractivity contribution in [3.63, 3.8) is 0 Å². The molecule has 2 rings (SSSR count). The monoisotopic (exact) mass is 482 g/mol.